The SMILES string of the molecule is NC(=O)C1SC=C(c2cccc(Br)c2)N1c1ccc(-c2cccc3c2CNC3=O)cc1. The number of anilines is 1. The minimum absolute atomic E-state index is 0.0318. The number of halogens is 1. The van der Waals surface area contributed by atoms with Gasteiger partial charge >= 0.3 is 0 Å². The highest BCUT2D eigenvalue weighted by molar-refractivity contribution is 9.10. The van der Waals surface area contributed by atoms with Gasteiger partial charge in [-0.05, 0) is 58.0 Å². The van der Waals surface area contributed by atoms with E-state index in [-0.39, 0.29) is 11.8 Å². The van der Waals surface area contributed by atoms with Crippen molar-refractivity contribution in [3.63, 3.8) is 0 Å². The fourth-order valence-corrected chi connectivity index (χ4v) is 5.42. The molecule has 1 atom stereocenters. The van der Waals surface area contributed by atoms with Gasteiger partial charge in [-0.3, -0.25) is 9.59 Å². The summed E-state index contributed by atoms with van der Waals surface area (Å²) in [6, 6.07) is 21.8. The number of primary amides is 1. The van der Waals surface area contributed by atoms with Crippen LogP contribution in [0.4, 0.5) is 5.69 Å². The number of fused-ring (bicyclic) bond motifs is 1. The number of benzene rings is 3. The van der Waals surface area contributed by atoms with Gasteiger partial charge in [0.15, 0.2) is 5.37 Å². The first-order valence-corrected chi connectivity index (χ1v) is 11.5. The lowest BCUT2D eigenvalue weighted by atomic mass is 9.96. The first-order chi connectivity index (χ1) is 15.0. The second-order valence-electron chi connectivity index (χ2n) is 7.34. The van der Waals surface area contributed by atoms with Crippen molar-refractivity contribution >= 4 is 50.9 Å². The fourth-order valence-electron chi connectivity index (χ4n) is 4.02. The zero-order valence-corrected chi connectivity index (χ0v) is 18.7. The molecule has 0 radical (unpaired) electrons. The molecule has 2 amide bonds. The zero-order valence-electron chi connectivity index (χ0n) is 16.3. The van der Waals surface area contributed by atoms with Gasteiger partial charge in [-0.1, -0.05) is 64.1 Å². The summed E-state index contributed by atoms with van der Waals surface area (Å²) in [5, 5.41) is 4.35. The lowest BCUT2D eigenvalue weighted by molar-refractivity contribution is -0.117. The Morgan fingerprint density at radius 2 is 1.77 bits per heavy atom. The highest BCUT2D eigenvalue weighted by Crippen LogP contribution is 2.41. The van der Waals surface area contributed by atoms with E-state index in [9.17, 15) is 9.59 Å². The van der Waals surface area contributed by atoms with Gasteiger partial charge in [0.1, 0.15) is 0 Å². The Bertz CT molecular complexity index is 1240. The Labute approximate surface area is 192 Å². The molecule has 2 aliphatic heterocycles. The molecule has 7 heteroatoms. The fraction of sp³-hybridized carbons (Fsp3) is 0.0833. The summed E-state index contributed by atoms with van der Waals surface area (Å²) in [7, 11) is 0. The molecule has 31 heavy (non-hydrogen) atoms. The summed E-state index contributed by atoms with van der Waals surface area (Å²) in [5.74, 6) is -0.420. The van der Waals surface area contributed by atoms with Crippen molar-refractivity contribution in [2.24, 2.45) is 5.73 Å². The second-order valence-corrected chi connectivity index (χ2v) is 9.21. The quantitative estimate of drug-likeness (QED) is 0.553. The minimum atomic E-state index is -0.511. The maximum absolute atomic E-state index is 12.2. The van der Waals surface area contributed by atoms with Gasteiger partial charge in [0, 0.05) is 22.3 Å². The zero-order chi connectivity index (χ0) is 21.5. The van der Waals surface area contributed by atoms with Crippen LogP contribution < -0.4 is 16.0 Å². The molecular formula is C24H18BrN3O2S. The Morgan fingerprint density at radius 1 is 1.03 bits per heavy atom. The third kappa shape index (κ3) is 3.54. The first kappa shape index (κ1) is 19.9. The van der Waals surface area contributed by atoms with Crippen LogP contribution in [-0.4, -0.2) is 17.2 Å². The van der Waals surface area contributed by atoms with Crippen LogP contribution in [0.15, 0.2) is 76.6 Å². The molecule has 1 unspecified atom stereocenters. The van der Waals surface area contributed by atoms with Gasteiger partial charge in [-0.2, -0.15) is 0 Å². The van der Waals surface area contributed by atoms with Crippen LogP contribution in [0.1, 0.15) is 21.5 Å². The van der Waals surface area contributed by atoms with Crippen molar-refractivity contribution in [1.82, 2.24) is 5.32 Å². The average Bonchev–Trinajstić information content (AvgIpc) is 3.38. The molecule has 3 aromatic rings. The van der Waals surface area contributed by atoms with E-state index in [2.05, 4.69) is 21.2 Å². The number of carbonyl (C=O) groups is 2. The van der Waals surface area contributed by atoms with Crippen LogP contribution in [0.3, 0.4) is 0 Å². The summed E-state index contributed by atoms with van der Waals surface area (Å²) in [4.78, 5) is 26.1. The maximum Gasteiger partial charge on any atom is 0.251 e. The highest BCUT2D eigenvalue weighted by atomic mass is 79.9. The number of nitrogens with one attached hydrogen (secondary N) is 1. The van der Waals surface area contributed by atoms with E-state index >= 15 is 0 Å². The van der Waals surface area contributed by atoms with E-state index in [0.717, 1.165) is 43.7 Å². The van der Waals surface area contributed by atoms with E-state index in [1.807, 2.05) is 77.0 Å². The molecule has 2 heterocycles. The van der Waals surface area contributed by atoms with Crippen molar-refractivity contribution in [2.75, 3.05) is 4.90 Å². The minimum Gasteiger partial charge on any atom is -0.367 e. The van der Waals surface area contributed by atoms with Gasteiger partial charge in [-0.25, -0.2) is 0 Å². The van der Waals surface area contributed by atoms with Crippen molar-refractivity contribution in [3.8, 4) is 11.1 Å². The second kappa shape index (κ2) is 7.90. The molecule has 0 fully saturated rings. The molecule has 3 aromatic carbocycles. The lowest BCUT2D eigenvalue weighted by Crippen LogP contribution is -2.38. The van der Waals surface area contributed by atoms with Crippen LogP contribution in [0.25, 0.3) is 16.8 Å². The Balaban J connectivity index is 1.52. The molecule has 5 nitrogen and oxygen atoms in total. The predicted molar refractivity (Wildman–Crippen MR) is 128 cm³/mol. The van der Waals surface area contributed by atoms with Gasteiger partial charge < -0.3 is 16.0 Å². The summed E-state index contributed by atoms with van der Waals surface area (Å²) in [6.45, 7) is 0.536. The number of thioether (sulfide) groups is 1. The molecular weight excluding hydrogens is 474 g/mol. The van der Waals surface area contributed by atoms with Crippen LogP contribution >= 0.6 is 27.7 Å². The molecule has 0 aromatic heterocycles. The van der Waals surface area contributed by atoms with Crippen molar-refractivity contribution in [3.05, 3.63) is 93.3 Å². The molecule has 0 saturated carbocycles. The number of nitrogens with two attached hydrogens (primary N) is 1. The molecule has 3 N–H and O–H groups in total. The Kier molecular flexibility index (Phi) is 5.08. The molecule has 154 valence electrons. The summed E-state index contributed by atoms with van der Waals surface area (Å²) >= 11 is 4.93. The largest absolute Gasteiger partial charge is 0.367 e. The summed E-state index contributed by atoms with van der Waals surface area (Å²) in [5.41, 5.74) is 12.3. The number of rotatable bonds is 4. The number of carbonyl (C=O) groups excluding carboxylic acids is 2. The Hall–Kier alpha value is -3.03. The normalized spacial score (nSPS) is 17.3. The van der Waals surface area contributed by atoms with Crippen molar-refractivity contribution in [1.29, 1.82) is 0 Å². The molecule has 0 aliphatic carbocycles. The lowest BCUT2D eigenvalue weighted by Gasteiger charge is -2.27. The average molecular weight is 492 g/mol. The van der Waals surface area contributed by atoms with Crippen LogP contribution in [-0.2, 0) is 11.3 Å². The van der Waals surface area contributed by atoms with Gasteiger partial charge in [-0.15, -0.1) is 0 Å². The first-order valence-electron chi connectivity index (χ1n) is 9.73. The number of amides is 2. The van der Waals surface area contributed by atoms with Crippen molar-refractivity contribution in [2.45, 2.75) is 11.9 Å². The molecule has 0 saturated heterocycles. The Morgan fingerprint density at radius 3 is 2.52 bits per heavy atom. The third-order valence-electron chi connectivity index (χ3n) is 5.47. The summed E-state index contributed by atoms with van der Waals surface area (Å²) in [6.07, 6.45) is 0. The van der Waals surface area contributed by atoms with Crippen LogP contribution in [0.5, 0.6) is 0 Å². The molecule has 2 aliphatic rings. The smallest absolute Gasteiger partial charge is 0.251 e. The van der Waals surface area contributed by atoms with E-state index in [1.165, 1.54) is 11.8 Å². The van der Waals surface area contributed by atoms with Crippen LogP contribution in [0.2, 0.25) is 0 Å². The van der Waals surface area contributed by atoms with E-state index in [0.29, 0.717) is 6.54 Å². The number of hydrogen-bond donors (Lipinski definition) is 2. The predicted octanol–water partition coefficient (Wildman–Crippen LogP) is 4.72. The van der Waals surface area contributed by atoms with E-state index < -0.39 is 5.37 Å². The standard InChI is InChI=1S/C24H18BrN3O2S/c25-16-4-1-3-15(11-16)21-13-31-24(22(26)29)28(21)17-9-7-14(8-10-17)18-5-2-6-19-20(18)12-27-23(19)30/h1-11,13,24H,12H2,(H2,26,29)(H,27,30). The molecule has 0 spiro atoms. The van der Waals surface area contributed by atoms with Gasteiger partial charge in [0.05, 0.1) is 5.70 Å². The molecule has 0 bridgehead atoms. The number of hydrogen-bond acceptors (Lipinski definition) is 4. The highest BCUT2D eigenvalue weighted by Gasteiger charge is 2.33. The molecule has 5 rings (SSSR count). The van der Waals surface area contributed by atoms with Gasteiger partial charge in [0.25, 0.3) is 11.8 Å². The number of nitrogens with zero attached hydrogens (tertiary/aromatic N) is 1. The van der Waals surface area contributed by atoms with Crippen molar-refractivity contribution < 1.29 is 9.59 Å². The maximum atomic E-state index is 12.2. The van der Waals surface area contributed by atoms with E-state index in [1.54, 1.807) is 0 Å². The topological polar surface area (TPSA) is 75.4 Å². The monoisotopic (exact) mass is 491 g/mol. The summed E-state index contributed by atoms with van der Waals surface area (Å²) < 4.78 is 0.967. The van der Waals surface area contributed by atoms with E-state index in [4.69, 9.17) is 5.73 Å². The third-order valence-corrected chi connectivity index (χ3v) is 7.02. The van der Waals surface area contributed by atoms with Gasteiger partial charge in [0.2, 0.25) is 0 Å². The van der Waals surface area contributed by atoms with Crippen LogP contribution in [0, 0.1) is 0 Å².